The van der Waals surface area contributed by atoms with Gasteiger partial charge >= 0.3 is 0 Å². The summed E-state index contributed by atoms with van der Waals surface area (Å²) in [5.74, 6) is 1.24. The molecule has 2 aromatic rings. The average molecular weight is 453 g/mol. The van der Waals surface area contributed by atoms with E-state index in [4.69, 9.17) is 4.74 Å². The van der Waals surface area contributed by atoms with E-state index in [1.807, 2.05) is 19.2 Å². The van der Waals surface area contributed by atoms with Crippen molar-refractivity contribution in [1.29, 1.82) is 0 Å². The Labute approximate surface area is 191 Å². The zero-order valence-electron chi connectivity index (χ0n) is 18.9. The van der Waals surface area contributed by atoms with Crippen LogP contribution in [0.3, 0.4) is 0 Å². The van der Waals surface area contributed by atoms with Gasteiger partial charge in [0.15, 0.2) is 0 Å². The normalized spacial score (nSPS) is 30.7. The molecule has 0 aromatic heterocycles. The Morgan fingerprint density at radius 1 is 1.03 bits per heavy atom. The van der Waals surface area contributed by atoms with E-state index in [2.05, 4.69) is 52.9 Å². The summed E-state index contributed by atoms with van der Waals surface area (Å²) in [5, 5.41) is -0.203. The van der Waals surface area contributed by atoms with Crippen LogP contribution in [0.2, 0.25) is 0 Å². The van der Waals surface area contributed by atoms with E-state index in [1.165, 1.54) is 16.7 Å². The number of ether oxygens (including phenoxy) is 1. The Hall–Kier alpha value is -1.89. The first-order valence-electron chi connectivity index (χ1n) is 11.8. The van der Waals surface area contributed by atoms with Gasteiger partial charge in [-0.3, -0.25) is 9.62 Å². The Bertz CT molecular complexity index is 1120. The van der Waals surface area contributed by atoms with Crippen LogP contribution in [0.15, 0.2) is 48.5 Å². The van der Waals surface area contributed by atoms with E-state index in [0.717, 1.165) is 45.3 Å². The minimum Gasteiger partial charge on any atom is -0.376 e. The van der Waals surface area contributed by atoms with E-state index >= 15 is 0 Å². The number of sulfonamides is 1. The molecular weight excluding hydrogens is 420 g/mol. The van der Waals surface area contributed by atoms with Gasteiger partial charge in [0, 0.05) is 50.7 Å². The van der Waals surface area contributed by atoms with E-state index < -0.39 is 10.0 Å². The third kappa shape index (κ3) is 3.30. The number of hydrogen-bond acceptors (Lipinski definition) is 4. The summed E-state index contributed by atoms with van der Waals surface area (Å²) in [6.07, 6.45) is 3.54. The van der Waals surface area contributed by atoms with E-state index in [1.54, 1.807) is 0 Å². The molecule has 0 bridgehead atoms. The molecule has 0 spiro atoms. The molecule has 0 radical (unpaired) electrons. The summed E-state index contributed by atoms with van der Waals surface area (Å²) >= 11 is 0. The van der Waals surface area contributed by atoms with Crippen LogP contribution in [-0.2, 0) is 33.0 Å². The molecule has 2 saturated carbocycles. The number of hydrogen-bond donors (Lipinski definition) is 1. The zero-order chi connectivity index (χ0) is 22.1. The second-order valence-corrected chi connectivity index (χ2v) is 12.6. The highest BCUT2D eigenvalue weighted by Crippen LogP contribution is 2.63. The van der Waals surface area contributed by atoms with Crippen LogP contribution in [0.5, 0.6) is 0 Å². The molecule has 3 aliphatic carbocycles. The second kappa shape index (κ2) is 7.05. The van der Waals surface area contributed by atoms with Crippen LogP contribution in [-0.4, -0.2) is 50.9 Å². The van der Waals surface area contributed by atoms with Gasteiger partial charge in [-0.25, -0.2) is 8.42 Å². The van der Waals surface area contributed by atoms with Gasteiger partial charge in [-0.1, -0.05) is 43.3 Å². The summed E-state index contributed by atoms with van der Waals surface area (Å²) in [5.41, 5.74) is 4.84. The quantitative estimate of drug-likeness (QED) is 0.698. The van der Waals surface area contributed by atoms with Crippen molar-refractivity contribution in [1.82, 2.24) is 4.90 Å². The Morgan fingerprint density at radius 3 is 2.28 bits per heavy atom. The predicted octanol–water partition coefficient (Wildman–Crippen LogP) is 3.59. The van der Waals surface area contributed by atoms with Gasteiger partial charge in [0.2, 0.25) is 10.0 Å². The van der Waals surface area contributed by atoms with Gasteiger partial charge in [0.25, 0.3) is 0 Å². The fourth-order valence-corrected chi connectivity index (χ4v) is 7.83. The lowest BCUT2D eigenvalue weighted by Gasteiger charge is -2.34. The maximum absolute atomic E-state index is 12.4. The first kappa shape index (κ1) is 20.7. The zero-order valence-corrected chi connectivity index (χ0v) is 19.7. The molecule has 32 heavy (non-hydrogen) atoms. The summed E-state index contributed by atoms with van der Waals surface area (Å²) in [6, 6.07) is 16.8. The summed E-state index contributed by atoms with van der Waals surface area (Å²) in [4.78, 5) is 2.59. The van der Waals surface area contributed by atoms with Crippen molar-refractivity contribution < 1.29 is 13.2 Å². The van der Waals surface area contributed by atoms with Crippen LogP contribution in [0, 0.1) is 11.8 Å². The van der Waals surface area contributed by atoms with Crippen molar-refractivity contribution in [2.24, 2.45) is 11.8 Å². The largest absolute Gasteiger partial charge is 0.376 e. The van der Waals surface area contributed by atoms with E-state index in [9.17, 15) is 8.42 Å². The van der Waals surface area contributed by atoms with Crippen molar-refractivity contribution in [3.8, 4) is 0 Å². The summed E-state index contributed by atoms with van der Waals surface area (Å²) in [7, 11) is -1.37. The van der Waals surface area contributed by atoms with Crippen molar-refractivity contribution in [2.45, 2.75) is 48.9 Å². The first-order valence-corrected chi connectivity index (χ1v) is 13.3. The number of nitrogens with zero attached hydrogens (tertiary/aromatic N) is 1. The lowest BCUT2D eigenvalue weighted by atomic mass is 9.91. The number of methoxy groups -OCH3 is 1. The highest BCUT2D eigenvalue weighted by molar-refractivity contribution is 7.93. The molecule has 2 aromatic carbocycles. The molecule has 3 atom stereocenters. The first-order chi connectivity index (χ1) is 15.3. The van der Waals surface area contributed by atoms with Crippen LogP contribution in [0.4, 0.5) is 5.69 Å². The summed E-state index contributed by atoms with van der Waals surface area (Å²) < 4.78 is 33.6. The van der Waals surface area contributed by atoms with Gasteiger partial charge in [-0.15, -0.1) is 0 Å². The molecule has 5 nitrogen and oxygen atoms in total. The number of benzene rings is 2. The molecule has 4 aliphatic rings. The monoisotopic (exact) mass is 452 g/mol. The lowest BCUT2D eigenvalue weighted by Crippen LogP contribution is -2.46. The SMILES string of the molecule is COC1(CN2C[C@@H]3[C@H](C2)C3(C)c2cccc(NS(=O)(=O)C3CC3)c2)Cc2ccccc2C1. The standard InChI is InChI=1S/C26H32N2O3S/c1-25(20-8-5-9-21(12-20)27-32(29,30)22-10-11-22)23-15-28(16-24(23)25)17-26(31-2)13-18-6-3-4-7-19(18)14-26/h3-9,12,22-24,27H,10-11,13-17H2,1-2H3/t23-,24+,25?. The van der Waals surface area contributed by atoms with Crippen LogP contribution in [0.1, 0.15) is 36.5 Å². The van der Waals surface area contributed by atoms with E-state index in [0.29, 0.717) is 17.5 Å². The van der Waals surface area contributed by atoms with E-state index in [-0.39, 0.29) is 16.3 Å². The molecule has 1 aliphatic heterocycles. The average Bonchev–Trinajstić information content (AvgIpc) is 3.62. The predicted molar refractivity (Wildman–Crippen MR) is 126 cm³/mol. The minimum absolute atomic E-state index is 0.113. The molecule has 1 unspecified atom stereocenters. The third-order valence-electron chi connectivity index (χ3n) is 8.62. The minimum atomic E-state index is -3.23. The number of likely N-dealkylation sites (tertiary alicyclic amines) is 1. The Balaban J connectivity index is 1.13. The molecule has 1 heterocycles. The smallest absolute Gasteiger partial charge is 0.235 e. The van der Waals surface area contributed by atoms with Gasteiger partial charge in [-0.05, 0) is 53.5 Å². The molecule has 6 rings (SSSR count). The van der Waals surface area contributed by atoms with Crippen LogP contribution >= 0.6 is 0 Å². The molecule has 1 saturated heterocycles. The number of piperidine rings is 1. The fourth-order valence-electron chi connectivity index (χ4n) is 6.45. The number of rotatable bonds is 7. The fraction of sp³-hybridized carbons (Fsp3) is 0.538. The molecule has 6 heteroatoms. The van der Waals surface area contributed by atoms with Gasteiger partial charge in [-0.2, -0.15) is 0 Å². The molecule has 3 fully saturated rings. The Kier molecular flexibility index (Phi) is 4.56. The van der Waals surface area contributed by atoms with Crippen molar-refractivity contribution in [2.75, 3.05) is 31.5 Å². The molecule has 1 N–H and O–H groups in total. The maximum atomic E-state index is 12.4. The molecule has 0 amide bonds. The van der Waals surface area contributed by atoms with Crippen LogP contribution < -0.4 is 4.72 Å². The lowest BCUT2D eigenvalue weighted by molar-refractivity contribution is -0.0274. The van der Waals surface area contributed by atoms with Crippen LogP contribution in [0.25, 0.3) is 0 Å². The number of anilines is 1. The summed E-state index contributed by atoms with van der Waals surface area (Å²) in [6.45, 7) is 5.50. The number of fused-ring (bicyclic) bond motifs is 2. The van der Waals surface area contributed by atoms with Gasteiger partial charge < -0.3 is 4.74 Å². The Morgan fingerprint density at radius 2 is 1.69 bits per heavy atom. The second-order valence-electron chi connectivity index (χ2n) is 10.6. The van der Waals surface area contributed by atoms with Gasteiger partial charge in [0.1, 0.15) is 0 Å². The maximum Gasteiger partial charge on any atom is 0.235 e. The highest BCUT2D eigenvalue weighted by Gasteiger charge is 2.66. The third-order valence-corrected chi connectivity index (χ3v) is 10.5. The van der Waals surface area contributed by atoms with Crippen molar-refractivity contribution in [3.05, 3.63) is 65.2 Å². The molecule has 170 valence electrons. The van der Waals surface area contributed by atoms with Crippen molar-refractivity contribution >= 4 is 15.7 Å². The molecular formula is C26H32N2O3S. The topological polar surface area (TPSA) is 58.6 Å². The van der Waals surface area contributed by atoms with Gasteiger partial charge in [0.05, 0.1) is 10.9 Å². The number of nitrogens with one attached hydrogen (secondary N) is 1. The highest BCUT2D eigenvalue weighted by atomic mass is 32.2. The van der Waals surface area contributed by atoms with Crippen molar-refractivity contribution in [3.63, 3.8) is 0 Å².